The number of piperidine rings is 1. The van der Waals surface area contributed by atoms with Gasteiger partial charge in [-0.3, -0.25) is 14.8 Å². The van der Waals surface area contributed by atoms with E-state index in [2.05, 4.69) is 10.1 Å². The van der Waals surface area contributed by atoms with Crippen molar-refractivity contribution < 1.29 is 5.11 Å². The standard InChI is InChI=1S/C18H21ClN4O3/c1-2-14(21-22-10-4-3-5-11-22)15-16(24)20-18(26)23(17(15)25)13-8-6-12(19)7-9-13/h6-9,25H,2-5,10-11H2,1H3,(H,20,24,26). The number of benzene rings is 1. The monoisotopic (exact) mass is 376 g/mol. The Bertz CT molecular complexity index is 925. The summed E-state index contributed by atoms with van der Waals surface area (Å²) in [5.41, 5.74) is -0.480. The SMILES string of the molecule is CCC(=NN1CCCCC1)c1c(O)n(-c2ccc(Cl)cc2)c(=O)[nH]c1=O. The molecule has 1 fully saturated rings. The van der Waals surface area contributed by atoms with E-state index in [0.717, 1.165) is 30.5 Å². The van der Waals surface area contributed by atoms with Crippen molar-refractivity contribution in [3.8, 4) is 11.6 Å². The lowest BCUT2D eigenvalue weighted by molar-refractivity contribution is 0.239. The first-order valence-corrected chi connectivity index (χ1v) is 9.06. The molecule has 0 radical (unpaired) electrons. The highest BCUT2D eigenvalue weighted by molar-refractivity contribution is 6.30. The summed E-state index contributed by atoms with van der Waals surface area (Å²) in [5.74, 6) is -0.418. The van der Waals surface area contributed by atoms with Crippen LogP contribution in [0.2, 0.25) is 5.02 Å². The Morgan fingerprint density at radius 1 is 1.19 bits per heavy atom. The Morgan fingerprint density at radius 2 is 1.85 bits per heavy atom. The zero-order valence-corrected chi connectivity index (χ0v) is 15.3. The van der Waals surface area contributed by atoms with Gasteiger partial charge in [-0.25, -0.2) is 9.36 Å². The van der Waals surface area contributed by atoms with E-state index in [1.54, 1.807) is 24.3 Å². The summed E-state index contributed by atoms with van der Waals surface area (Å²) < 4.78 is 1.05. The van der Waals surface area contributed by atoms with E-state index in [0.29, 0.717) is 22.8 Å². The molecular weight excluding hydrogens is 356 g/mol. The van der Waals surface area contributed by atoms with Crippen molar-refractivity contribution in [3.63, 3.8) is 0 Å². The van der Waals surface area contributed by atoms with Gasteiger partial charge in [0, 0.05) is 18.1 Å². The van der Waals surface area contributed by atoms with Crippen molar-refractivity contribution in [2.24, 2.45) is 5.10 Å². The first kappa shape index (κ1) is 18.3. The van der Waals surface area contributed by atoms with Crippen molar-refractivity contribution in [2.45, 2.75) is 32.6 Å². The van der Waals surface area contributed by atoms with Gasteiger partial charge in [0.05, 0.1) is 11.4 Å². The third-order valence-electron chi connectivity index (χ3n) is 4.39. The van der Waals surface area contributed by atoms with Crippen molar-refractivity contribution in [3.05, 3.63) is 55.7 Å². The molecule has 0 unspecified atom stereocenters. The van der Waals surface area contributed by atoms with Gasteiger partial charge in [0.2, 0.25) is 5.88 Å². The maximum Gasteiger partial charge on any atom is 0.335 e. The molecule has 0 spiro atoms. The molecule has 0 atom stereocenters. The predicted molar refractivity (Wildman–Crippen MR) is 102 cm³/mol. The van der Waals surface area contributed by atoms with E-state index in [4.69, 9.17) is 11.6 Å². The number of aromatic hydroxyl groups is 1. The first-order chi connectivity index (χ1) is 12.5. The van der Waals surface area contributed by atoms with Gasteiger partial charge >= 0.3 is 5.69 Å². The van der Waals surface area contributed by atoms with E-state index in [9.17, 15) is 14.7 Å². The molecule has 1 aliphatic heterocycles. The minimum atomic E-state index is -0.716. The second-order valence-corrected chi connectivity index (χ2v) is 6.62. The number of nitrogens with one attached hydrogen (secondary N) is 1. The van der Waals surface area contributed by atoms with Crippen molar-refractivity contribution in [2.75, 3.05) is 13.1 Å². The van der Waals surface area contributed by atoms with Crippen LogP contribution in [0.5, 0.6) is 5.88 Å². The van der Waals surface area contributed by atoms with E-state index >= 15 is 0 Å². The third kappa shape index (κ3) is 3.67. The predicted octanol–water partition coefficient (Wildman–Crippen LogP) is 2.48. The lowest BCUT2D eigenvalue weighted by Crippen LogP contribution is -2.34. The number of nitrogens with zero attached hydrogens (tertiary/aromatic N) is 3. The number of aromatic nitrogens is 2. The number of rotatable bonds is 4. The highest BCUT2D eigenvalue weighted by atomic mass is 35.5. The van der Waals surface area contributed by atoms with Crippen LogP contribution in [0.4, 0.5) is 0 Å². The van der Waals surface area contributed by atoms with E-state index in [1.165, 1.54) is 6.42 Å². The number of hydrazone groups is 1. The number of aromatic amines is 1. The Kier molecular flexibility index (Phi) is 5.46. The molecular formula is C18H21ClN4O3. The molecule has 1 aliphatic rings. The summed E-state index contributed by atoms with van der Waals surface area (Å²) >= 11 is 5.88. The first-order valence-electron chi connectivity index (χ1n) is 8.68. The van der Waals surface area contributed by atoms with Crippen LogP contribution in [0.1, 0.15) is 38.2 Å². The Balaban J connectivity index is 2.13. The molecule has 0 amide bonds. The molecule has 8 heteroatoms. The van der Waals surface area contributed by atoms with Gasteiger partial charge in [-0.1, -0.05) is 18.5 Å². The average Bonchev–Trinajstić information content (AvgIpc) is 2.63. The maximum atomic E-state index is 12.4. The van der Waals surface area contributed by atoms with Gasteiger partial charge < -0.3 is 5.11 Å². The fraction of sp³-hybridized carbons (Fsp3) is 0.389. The molecule has 2 aromatic rings. The average molecular weight is 377 g/mol. The van der Waals surface area contributed by atoms with Crippen LogP contribution >= 0.6 is 11.6 Å². The van der Waals surface area contributed by atoms with Crippen LogP contribution in [0.3, 0.4) is 0 Å². The number of H-pyrrole nitrogens is 1. The maximum absolute atomic E-state index is 12.4. The summed E-state index contributed by atoms with van der Waals surface area (Å²) in [6, 6.07) is 6.41. The minimum Gasteiger partial charge on any atom is -0.493 e. The van der Waals surface area contributed by atoms with Gasteiger partial charge in [-0.15, -0.1) is 0 Å². The third-order valence-corrected chi connectivity index (χ3v) is 4.64. The van der Waals surface area contributed by atoms with Gasteiger partial charge in [0.1, 0.15) is 5.56 Å². The van der Waals surface area contributed by atoms with E-state index < -0.39 is 17.1 Å². The van der Waals surface area contributed by atoms with Crippen LogP contribution < -0.4 is 11.2 Å². The van der Waals surface area contributed by atoms with Crippen LogP contribution in [0, 0.1) is 0 Å². The molecule has 7 nitrogen and oxygen atoms in total. The molecule has 1 aromatic carbocycles. The highest BCUT2D eigenvalue weighted by Crippen LogP contribution is 2.20. The Morgan fingerprint density at radius 3 is 2.46 bits per heavy atom. The summed E-state index contributed by atoms with van der Waals surface area (Å²) in [5, 5.41) is 17.7. The number of hydrogen-bond acceptors (Lipinski definition) is 5. The normalized spacial score (nSPS) is 15.3. The van der Waals surface area contributed by atoms with Crippen LogP contribution in [0.15, 0.2) is 39.0 Å². The summed E-state index contributed by atoms with van der Waals surface area (Å²) in [6.07, 6.45) is 3.72. The zero-order chi connectivity index (χ0) is 18.7. The van der Waals surface area contributed by atoms with Crippen molar-refractivity contribution in [1.82, 2.24) is 14.6 Å². The van der Waals surface area contributed by atoms with Crippen LogP contribution in [0.25, 0.3) is 5.69 Å². The molecule has 138 valence electrons. The van der Waals surface area contributed by atoms with Crippen LogP contribution in [-0.2, 0) is 0 Å². The van der Waals surface area contributed by atoms with Gasteiger partial charge in [-0.05, 0) is 49.9 Å². The summed E-state index contributed by atoms with van der Waals surface area (Å²) in [7, 11) is 0. The fourth-order valence-electron chi connectivity index (χ4n) is 3.06. The molecule has 2 heterocycles. The number of halogens is 1. The molecule has 1 saturated heterocycles. The molecule has 3 rings (SSSR count). The molecule has 0 saturated carbocycles. The minimum absolute atomic E-state index is 0.0209. The lowest BCUT2D eigenvalue weighted by atomic mass is 10.1. The molecule has 0 aliphatic carbocycles. The largest absolute Gasteiger partial charge is 0.493 e. The van der Waals surface area contributed by atoms with Crippen LogP contribution in [-0.4, -0.2) is 38.5 Å². The summed E-state index contributed by atoms with van der Waals surface area (Å²) in [6.45, 7) is 3.50. The van der Waals surface area contributed by atoms with Gasteiger partial charge in [0.15, 0.2) is 0 Å². The highest BCUT2D eigenvalue weighted by Gasteiger charge is 2.20. The fourth-order valence-corrected chi connectivity index (χ4v) is 3.19. The van der Waals surface area contributed by atoms with E-state index in [1.807, 2.05) is 11.9 Å². The summed E-state index contributed by atoms with van der Waals surface area (Å²) in [4.78, 5) is 26.9. The van der Waals surface area contributed by atoms with Gasteiger partial charge in [0.25, 0.3) is 5.56 Å². The van der Waals surface area contributed by atoms with E-state index in [-0.39, 0.29) is 5.56 Å². The second kappa shape index (κ2) is 7.78. The Hall–Kier alpha value is -2.54. The molecule has 2 N–H and O–H groups in total. The zero-order valence-electron chi connectivity index (χ0n) is 14.5. The van der Waals surface area contributed by atoms with Crippen molar-refractivity contribution in [1.29, 1.82) is 0 Å². The molecule has 26 heavy (non-hydrogen) atoms. The topological polar surface area (TPSA) is 90.7 Å². The quantitative estimate of drug-likeness (QED) is 0.802. The number of hydrogen-bond donors (Lipinski definition) is 2. The molecule has 0 bridgehead atoms. The Labute approximate surface area is 155 Å². The second-order valence-electron chi connectivity index (χ2n) is 6.18. The van der Waals surface area contributed by atoms with Crippen molar-refractivity contribution >= 4 is 17.3 Å². The van der Waals surface area contributed by atoms with Gasteiger partial charge in [-0.2, -0.15) is 5.10 Å². The lowest BCUT2D eigenvalue weighted by Gasteiger charge is -2.25. The molecule has 1 aromatic heterocycles. The smallest absolute Gasteiger partial charge is 0.335 e.